The normalized spacial score (nSPS) is 23.5. The third-order valence-electron chi connectivity index (χ3n) is 7.98. The number of nitro groups is 1. The Morgan fingerprint density at radius 1 is 1.19 bits per heavy atom. The summed E-state index contributed by atoms with van der Waals surface area (Å²) in [6.45, 7) is 4.08. The maximum absolute atomic E-state index is 13.8. The smallest absolute Gasteiger partial charge is 0.325 e. The van der Waals surface area contributed by atoms with Crippen LogP contribution in [0, 0.1) is 28.9 Å². The molecule has 0 radical (unpaired) electrons. The predicted octanol–water partition coefficient (Wildman–Crippen LogP) is 3.40. The van der Waals surface area contributed by atoms with E-state index in [2.05, 4.69) is 5.32 Å². The van der Waals surface area contributed by atoms with Gasteiger partial charge in [0.1, 0.15) is 11.1 Å². The van der Waals surface area contributed by atoms with E-state index in [4.69, 9.17) is 20.8 Å². The van der Waals surface area contributed by atoms with Gasteiger partial charge in [-0.15, -0.1) is 0 Å². The molecule has 0 bridgehead atoms. The lowest BCUT2D eigenvalue weighted by Crippen LogP contribution is -2.57. The number of benzene rings is 2. The van der Waals surface area contributed by atoms with E-state index >= 15 is 0 Å². The first-order valence-corrected chi connectivity index (χ1v) is 13.8. The molecule has 1 aromatic heterocycles. The highest BCUT2D eigenvalue weighted by Crippen LogP contribution is 2.49. The molecule has 2 N–H and O–H groups in total. The molecular weight excluding hydrogens is 570 g/mol. The van der Waals surface area contributed by atoms with Gasteiger partial charge >= 0.3 is 5.97 Å². The largest absolute Gasteiger partial charge is 0.480 e. The number of hydrogen-bond donors (Lipinski definition) is 2. The summed E-state index contributed by atoms with van der Waals surface area (Å²) >= 11 is 6.27. The van der Waals surface area contributed by atoms with Crippen molar-refractivity contribution in [2.75, 3.05) is 19.8 Å². The standard InChI is InChI=1S/C29H28ClN3O9/c1-3-9-41-10-8-32-26(35)22-23(27(32)36)29(28(37)38,13-16-4-6-17(7-5-16)33(39)40)31-24(22)19-14-42-21-11-15(2)20(30)12-18(21)25(19)34/h4-7,11-12,14,22-24,31H,3,8-10,13H2,1-2H3,(H,37,38). The fourth-order valence-electron chi connectivity index (χ4n) is 5.93. The number of rotatable bonds is 10. The van der Waals surface area contributed by atoms with Crippen LogP contribution in [0.1, 0.15) is 36.1 Å². The molecule has 42 heavy (non-hydrogen) atoms. The lowest BCUT2D eigenvalue weighted by atomic mass is 9.76. The van der Waals surface area contributed by atoms with Gasteiger partial charge in [0.2, 0.25) is 11.8 Å². The SMILES string of the molecule is CCCOCCN1C(=O)C2C(c3coc4cc(C)c(Cl)cc4c3=O)NC(Cc3ccc([N+](=O)[O-])cc3)(C(=O)O)C2C1=O. The number of carboxylic acids is 1. The highest BCUT2D eigenvalue weighted by atomic mass is 35.5. The minimum Gasteiger partial charge on any atom is -0.480 e. The van der Waals surface area contributed by atoms with Gasteiger partial charge in [0.05, 0.1) is 53.2 Å². The Kier molecular flexibility index (Phi) is 7.88. The summed E-state index contributed by atoms with van der Waals surface area (Å²) in [7, 11) is 0. The predicted molar refractivity (Wildman–Crippen MR) is 150 cm³/mol. The van der Waals surface area contributed by atoms with E-state index in [-0.39, 0.29) is 41.8 Å². The maximum Gasteiger partial charge on any atom is 0.325 e. The molecule has 2 saturated heterocycles. The molecule has 2 aromatic carbocycles. The Morgan fingerprint density at radius 2 is 1.90 bits per heavy atom. The number of imide groups is 1. The molecule has 0 saturated carbocycles. The zero-order chi connectivity index (χ0) is 30.3. The Bertz CT molecular complexity index is 1650. The Hall–Kier alpha value is -4.13. The van der Waals surface area contributed by atoms with Gasteiger partial charge in [0, 0.05) is 30.2 Å². The third kappa shape index (κ3) is 4.85. The van der Waals surface area contributed by atoms with Gasteiger partial charge < -0.3 is 14.3 Å². The van der Waals surface area contributed by atoms with E-state index < -0.39 is 51.6 Å². The van der Waals surface area contributed by atoms with Gasteiger partial charge in [-0.1, -0.05) is 30.7 Å². The molecule has 3 aromatic rings. The van der Waals surface area contributed by atoms with Crippen molar-refractivity contribution in [3.63, 3.8) is 0 Å². The monoisotopic (exact) mass is 597 g/mol. The topological polar surface area (TPSA) is 169 Å². The van der Waals surface area contributed by atoms with Crippen molar-refractivity contribution in [2.24, 2.45) is 11.8 Å². The Labute approximate surface area is 244 Å². The number of non-ortho nitro benzene ring substituents is 1. The van der Waals surface area contributed by atoms with Crippen LogP contribution in [0.2, 0.25) is 5.02 Å². The highest BCUT2D eigenvalue weighted by Gasteiger charge is 2.68. The third-order valence-corrected chi connectivity index (χ3v) is 8.39. The molecule has 4 atom stereocenters. The Morgan fingerprint density at radius 3 is 2.55 bits per heavy atom. The highest BCUT2D eigenvalue weighted by molar-refractivity contribution is 6.32. The summed E-state index contributed by atoms with van der Waals surface area (Å²) in [5.41, 5.74) is -1.42. The van der Waals surface area contributed by atoms with Crippen LogP contribution in [0.3, 0.4) is 0 Å². The number of fused-ring (bicyclic) bond motifs is 2. The molecule has 4 unspecified atom stereocenters. The number of nitrogens with one attached hydrogen (secondary N) is 1. The first-order valence-electron chi connectivity index (χ1n) is 13.4. The molecule has 220 valence electrons. The van der Waals surface area contributed by atoms with Crippen LogP contribution in [-0.2, 0) is 25.5 Å². The average Bonchev–Trinajstić information content (AvgIpc) is 3.42. The lowest BCUT2D eigenvalue weighted by Gasteiger charge is -2.31. The number of aryl methyl sites for hydroxylation is 1. The summed E-state index contributed by atoms with van der Waals surface area (Å²) in [5, 5.41) is 25.2. The summed E-state index contributed by atoms with van der Waals surface area (Å²) in [5.74, 6) is -5.36. The maximum atomic E-state index is 13.8. The first kappa shape index (κ1) is 29.4. The number of nitrogens with zero attached hydrogens (tertiary/aromatic N) is 2. The molecule has 0 spiro atoms. The van der Waals surface area contributed by atoms with Gasteiger partial charge in [-0.25, -0.2) is 0 Å². The number of aliphatic carboxylic acids is 1. The van der Waals surface area contributed by atoms with E-state index in [0.29, 0.717) is 22.8 Å². The second-order valence-electron chi connectivity index (χ2n) is 10.6. The van der Waals surface area contributed by atoms with Gasteiger partial charge in [-0.3, -0.25) is 39.5 Å². The summed E-state index contributed by atoms with van der Waals surface area (Å²) < 4.78 is 11.2. The van der Waals surface area contributed by atoms with Crippen molar-refractivity contribution in [2.45, 2.75) is 38.3 Å². The zero-order valence-corrected chi connectivity index (χ0v) is 23.6. The molecule has 2 fully saturated rings. The van der Waals surface area contributed by atoms with Crippen molar-refractivity contribution in [1.29, 1.82) is 0 Å². The second kappa shape index (κ2) is 11.3. The number of amides is 2. The number of nitro benzene ring substituents is 1. The first-order chi connectivity index (χ1) is 20.0. The lowest BCUT2D eigenvalue weighted by molar-refractivity contribution is -0.384. The number of halogens is 1. The van der Waals surface area contributed by atoms with Crippen LogP contribution in [0.25, 0.3) is 11.0 Å². The van der Waals surface area contributed by atoms with E-state index in [0.717, 1.165) is 11.3 Å². The van der Waals surface area contributed by atoms with Gasteiger partial charge in [-0.05, 0) is 36.6 Å². The fourth-order valence-corrected chi connectivity index (χ4v) is 6.09. The minimum absolute atomic E-state index is 0.0190. The van der Waals surface area contributed by atoms with Crippen LogP contribution < -0.4 is 10.7 Å². The number of ether oxygens (including phenoxy) is 1. The van der Waals surface area contributed by atoms with Crippen LogP contribution in [0.15, 0.2) is 51.9 Å². The van der Waals surface area contributed by atoms with Crippen LogP contribution >= 0.6 is 11.6 Å². The van der Waals surface area contributed by atoms with E-state index in [9.17, 15) is 34.4 Å². The minimum atomic E-state index is -2.02. The number of carboxylic acid groups (broad SMARTS) is 1. The summed E-state index contributed by atoms with van der Waals surface area (Å²) in [4.78, 5) is 65.9. The molecule has 2 amide bonds. The van der Waals surface area contributed by atoms with Gasteiger partial charge in [-0.2, -0.15) is 0 Å². The molecule has 5 rings (SSSR count). The van der Waals surface area contributed by atoms with Crippen molar-refractivity contribution < 1.29 is 33.6 Å². The van der Waals surface area contributed by atoms with Crippen molar-refractivity contribution in [1.82, 2.24) is 10.2 Å². The average molecular weight is 598 g/mol. The summed E-state index contributed by atoms with van der Waals surface area (Å²) in [6.07, 6.45) is 1.63. The molecule has 2 aliphatic rings. The molecule has 13 heteroatoms. The molecule has 0 aliphatic carbocycles. The quantitative estimate of drug-likeness (QED) is 0.153. The van der Waals surface area contributed by atoms with E-state index in [1.807, 2.05) is 6.92 Å². The van der Waals surface area contributed by atoms with Crippen LogP contribution in [-0.4, -0.2) is 58.0 Å². The number of carbonyl (C=O) groups is 3. The zero-order valence-electron chi connectivity index (χ0n) is 22.8. The second-order valence-corrected chi connectivity index (χ2v) is 11.0. The van der Waals surface area contributed by atoms with Crippen molar-refractivity contribution in [3.05, 3.63) is 84.7 Å². The van der Waals surface area contributed by atoms with Crippen molar-refractivity contribution >= 4 is 46.0 Å². The van der Waals surface area contributed by atoms with Crippen molar-refractivity contribution in [3.8, 4) is 0 Å². The van der Waals surface area contributed by atoms with Crippen LogP contribution in [0.5, 0.6) is 0 Å². The number of hydrogen-bond acceptors (Lipinski definition) is 9. The molecule has 3 heterocycles. The number of likely N-dealkylation sites (tertiary alicyclic amines) is 1. The van der Waals surface area contributed by atoms with Gasteiger partial charge in [0.15, 0.2) is 5.43 Å². The summed E-state index contributed by atoms with van der Waals surface area (Å²) in [6, 6.07) is 7.14. The fraction of sp³-hybridized carbons (Fsp3) is 0.379. The molecule has 2 aliphatic heterocycles. The molecular formula is C29H28ClN3O9. The van der Waals surface area contributed by atoms with Crippen LogP contribution in [0.4, 0.5) is 5.69 Å². The van der Waals surface area contributed by atoms with E-state index in [1.54, 1.807) is 13.0 Å². The Balaban J connectivity index is 1.62. The van der Waals surface area contributed by atoms with E-state index in [1.165, 1.54) is 36.6 Å². The molecule has 12 nitrogen and oxygen atoms in total. The number of carbonyl (C=O) groups excluding carboxylic acids is 2. The van der Waals surface area contributed by atoms with Gasteiger partial charge in [0.25, 0.3) is 5.69 Å².